The Labute approximate surface area is 121 Å². The van der Waals surface area contributed by atoms with E-state index < -0.39 is 0 Å². The molecule has 0 bridgehead atoms. The highest BCUT2D eigenvalue weighted by Crippen LogP contribution is 2.19. The lowest BCUT2D eigenvalue weighted by Crippen LogP contribution is -2.19. The van der Waals surface area contributed by atoms with Crippen LogP contribution in [0.1, 0.15) is 16.7 Å². The van der Waals surface area contributed by atoms with E-state index in [2.05, 4.69) is 43.3 Å². The number of hydrogen-bond donors (Lipinski definition) is 1. The molecule has 2 nitrogen and oxygen atoms in total. The van der Waals surface area contributed by atoms with Gasteiger partial charge < -0.3 is 10.5 Å². The molecule has 1 atom stereocenters. The van der Waals surface area contributed by atoms with E-state index in [0.29, 0.717) is 12.5 Å². The Bertz CT molecular complexity index is 551. The van der Waals surface area contributed by atoms with Gasteiger partial charge in [0.1, 0.15) is 5.75 Å². The molecule has 2 rings (SSSR count). The van der Waals surface area contributed by atoms with Crippen LogP contribution in [0.25, 0.3) is 0 Å². The first-order valence-electron chi connectivity index (χ1n) is 7.10. The maximum Gasteiger partial charge on any atom is 0.119 e. The first kappa shape index (κ1) is 14.6. The molecule has 0 aliphatic rings. The van der Waals surface area contributed by atoms with Crippen LogP contribution in [-0.4, -0.2) is 13.7 Å². The van der Waals surface area contributed by atoms with Gasteiger partial charge >= 0.3 is 0 Å². The molecule has 2 N–H and O–H groups in total. The van der Waals surface area contributed by atoms with E-state index in [4.69, 9.17) is 10.5 Å². The molecule has 2 aromatic rings. The van der Waals surface area contributed by atoms with Crippen LogP contribution < -0.4 is 10.5 Å². The van der Waals surface area contributed by atoms with Crippen LogP contribution in [0.4, 0.5) is 0 Å². The number of nitrogens with two attached hydrogens (primary N) is 1. The Morgan fingerprint density at radius 2 is 1.85 bits per heavy atom. The van der Waals surface area contributed by atoms with Gasteiger partial charge in [0.05, 0.1) is 7.11 Å². The standard InChI is InChI=1S/C18H23NO/c1-14-6-3-4-8-17(14)11-16(13-19)10-15-7-5-9-18(12-15)20-2/h3-9,12,16H,10-11,13,19H2,1-2H3. The molecule has 0 amide bonds. The maximum absolute atomic E-state index is 5.96. The molecule has 106 valence electrons. The summed E-state index contributed by atoms with van der Waals surface area (Å²) in [5.41, 5.74) is 9.98. The lowest BCUT2D eigenvalue weighted by molar-refractivity contribution is 0.413. The van der Waals surface area contributed by atoms with E-state index in [1.807, 2.05) is 12.1 Å². The molecule has 2 heteroatoms. The molecule has 0 aromatic heterocycles. The van der Waals surface area contributed by atoms with E-state index >= 15 is 0 Å². The van der Waals surface area contributed by atoms with Crippen LogP contribution in [0.2, 0.25) is 0 Å². The monoisotopic (exact) mass is 269 g/mol. The van der Waals surface area contributed by atoms with E-state index in [1.54, 1.807) is 7.11 Å². The van der Waals surface area contributed by atoms with E-state index in [9.17, 15) is 0 Å². The second kappa shape index (κ2) is 7.11. The Hall–Kier alpha value is -1.80. The normalized spacial score (nSPS) is 12.2. The zero-order chi connectivity index (χ0) is 14.4. The summed E-state index contributed by atoms with van der Waals surface area (Å²) in [6, 6.07) is 16.8. The molecular weight excluding hydrogens is 246 g/mol. The van der Waals surface area contributed by atoms with Crippen LogP contribution in [0.15, 0.2) is 48.5 Å². The molecule has 0 aliphatic heterocycles. The molecule has 0 heterocycles. The molecule has 2 aromatic carbocycles. The predicted octanol–water partition coefficient (Wildman–Crippen LogP) is 3.36. The van der Waals surface area contributed by atoms with Crippen LogP contribution >= 0.6 is 0 Å². The molecule has 20 heavy (non-hydrogen) atoms. The lowest BCUT2D eigenvalue weighted by atomic mass is 9.91. The molecule has 0 aliphatic carbocycles. The largest absolute Gasteiger partial charge is 0.497 e. The fourth-order valence-corrected chi connectivity index (χ4v) is 2.52. The first-order valence-corrected chi connectivity index (χ1v) is 7.10. The SMILES string of the molecule is COc1cccc(CC(CN)Cc2ccccc2C)c1. The minimum Gasteiger partial charge on any atom is -0.497 e. The average Bonchev–Trinajstić information content (AvgIpc) is 2.49. The summed E-state index contributed by atoms with van der Waals surface area (Å²) in [6.45, 7) is 2.86. The van der Waals surface area contributed by atoms with Crippen LogP contribution in [0.3, 0.4) is 0 Å². The third-order valence-electron chi connectivity index (χ3n) is 3.76. The average molecular weight is 269 g/mol. The second-order valence-electron chi connectivity index (χ2n) is 5.29. The highest BCUT2D eigenvalue weighted by molar-refractivity contribution is 5.30. The molecule has 0 saturated carbocycles. The van der Waals surface area contributed by atoms with E-state index in [0.717, 1.165) is 18.6 Å². The lowest BCUT2D eigenvalue weighted by Gasteiger charge is -2.16. The van der Waals surface area contributed by atoms with E-state index in [1.165, 1.54) is 16.7 Å². The fourth-order valence-electron chi connectivity index (χ4n) is 2.52. The van der Waals surface area contributed by atoms with Crippen molar-refractivity contribution in [3.05, 3.63) is 65.2 Å². The highest BCUT2D eigenvalue weighted by Gasteiger charge is 2.11. The van der Waals surface area contributed by atoms with Crippen LogP contribution in [-0.2, 0) is 12.8 Å². The zero-order valence-electron chi connectivity index (χ0n) is 12.3. The van der Waals surface area contributed by atoms with Crippen molar-refractivity contribution in [3.8, 4) is 5.75 Å². The Balaban J connectivity index is 2.07. The van der Waals surface area contributed by atoms with Gasteiger partial charge in [0.2, 0.25) is 0 Å². The van der Waals surface area contributed by atoms with Crippen molar-refractivity contribution < 1.29 is 4.74 Å². The van der Waals surface area contributed by atoms with Crippen molar-refractivity contribution in [2.45, 2.75) is 19.8 Å². The van der Waals surface area contributed by atoms with Gasteiger partial charge in [-0.15, -0.1) is 0 Å². The van der Waals surface area contributed by atoms with Crippen molar-refractivity contribution in [2.24, 2.45) is 11.7 Å². The fraction of sp³-hybridized carbons (Fsp3) is 0.333. The molecular formula is C18H23NO. The number of hydrogen-bond acceptors (Lipinski definition) is 2. The first-order chi connectivity index (χ1) is 9.72. The highest BCUT2D eigenvalue weighted by atomic mass is 16.5. The summed E-state index contributed by atoms with van der Waals surface area (Å²) in [6.07, 6.45) is 2.02. The Morgan fingerprint density at radius 1 is 1.05 bits per heavy atom. The minimum atomic E-state index is 0.461. The van der Waals surface area contributed by atoms with Gasteiger partial charge in [-0.05, 0) is 61.1 Å². The van der Waals surface area contributed by atoms with Gasteiger partial charge in [0.15, 0.2) is 0 Å². The second-order valence-corrected chi connectivity index (χ2v) is 5.29. The number of methoxy groups -OCH3 is 1. The summed E-state index contributed by atoms with van der Waals surface area (Å²) in [5.74, 6) is 1.37. The molecule has 0 saturated heterocycles. The number of benzene rings is 2. The van der Waals surface area contributed by atoms with Crippen molar-refractivity contribution in [3.63, 3.8) is 0 Å². The molecule has 0 fully saturated rings. The topological polar surface area (TPSA) is 35.2 Å². The number of aryl methyl sites for hydroxylation is 1. The summed E-state index contributed by atoms with van der Waals surface area (Å²) in [5, 5.41) is 0. The van der Waals surface area contributed by atoms with Gasteiger partial charge in [-0.25, -0.2) is 0 Å². The van der Waals surface area contributed by atoms with Gasteiger partial charge in [0, 0.05) is 0 Å². The Morgan fingerprint density at radius 3 is 2.55 bits per heavy atom. The summed E-state index contributed by atoms with van der Waals surface area (Å²) < 4.78 is 5.28. The summed E-state index contributed by atoms with van der Waals surface area (Å²) in [7, 11) is 1.70. The van der Waals surface area contributed by atoms with Crippen molar-refractivity contribution in [1.29, 1.82) is 0 Å². The summed E-state index contributed by atoms with van der Waals surface area (Å²) in [4.78, 5) is 0. The quantitative estimate of drug-likeness (QED) is 0.872. The van der Waals surface area contributed by atoms with E-state index in [-0.39, 0.29) is 0 Å². The smallest absolute Gasteiger partial charge is 0.119 e. The van der Waals surface area contributed by atoms with Crippen LogP contribution in [0, 0.1) is 12.8 Å². The molecule has 1 unspecified atom stereocenters. The predicted molar refractivity (Wildman–Crippen MR) is 84.1 cm³/mol. The third kappa shape index (κ3) is 3.84. The molecule has 0 radical (unpaired) electrons. The number of rotatable bonds is 6. The van der Waals surface area contributed by atoms with Crippen LogP contribution in [0.5, 0.6) is 5.75 Å². The minimum absolute atomic E-state index is 0.461. The van der Waals surface area contributed by atoms with Gasteiger partial charge in [-0.2, -0.15) is 0 Å². The van der Waals surface area contributed by atoms with Crippen molar-refractivity contribution in [2.75, 3.05) is 13.7 Å². The summed E-state index contributed by atoms with van der Waals surface area (Å²) >= 11 is 0. The maximum atomic E-state index is 5.96. The van der Waals surface area contributed by atoms with Crippen molar-refractivity contribution in [1.82, 2.24) is 0 Å². The van der Waals surface area contributed by atoms with Gasteiger partial charge in [0.25, 0.3) is 0 Å². The van der Waals surface area contributed by atoms with Crippen molar-refractivity contribution >= 4 is 0 Å². The number of ether oxygens (including phenoxy) is 1. The zero-order valence-corrected chi connectivity index (χ0v) is 12.3. The Kier molecular flexibility index (Phi) is 5.19. The third-order valence-corrected chi connectivity index (χ3v) is 3.76. The van der Waals surface area contributed by atoms with Gasteiger partial charge in [-0.3, -0.25) is 0 Å². The van der Waals surface area contributed by atoms with Gasteiger partial charge in [-0.1, -0.05) is 36.4 Å². The molecule has 0 spiro atoms.